The number of hydrogen-bond acceptors (Lipinski definition) is 2. The van der Waals surface area contributed by atoms with E-state index in [1.165, 1.54) is 54.8 Å². The van der Waals surface area contributed by atoms with Crippen molar-refractivity contribution in [2.45, 2.75) is 0 Å². The minimum atomic E-state index is 0.883. The molecule has 0 aliphatic carbocycles. The molecule has 13 rings (SSSR count). The first-order valence-corrected chi connectivity index (χ1v) is 22.9. The Morgan fingerprint density at radius 3 is 1.69 bits per heavy atom. The minimum absolute atomic E-state index is 0.883. The summed E-state index contributed by atoms with van der Waals surface area (Å²) >= 11 is 0. The zero-order chi connectivity index (χ0) is 44.3. The van der Waals surface area contributed by atoms with Crippen molar-refractivity contribution in [2.24, 2.45) is 0 Å². The third-order valence-corrected chi connectivity index (χ3v) is 13.4. The lowest BCUT2D eigenvalue weighted by molar-refractivity contribution is 0.670. The second-order valence-electron chi connectivity index (χ2n) is 17.2. The van der Waals surface area contributed by atoms with Gasteiger partial charge in [0, 0.05) is 49.6 Å². The van der Waals surface area contributed by atoms with Crippen LogP contribution in [0.4, 0.5) is 17.1 Å². The van der Waals surface area contributed by atoms with Gasteiger partial charge in [0.05, 0.1) is 22.4 Å². The monoisotopic (exact) mass is 854 g/mol. The summed E-state index contributed by atoms with van der Waals surface area (Å²) in [5.74, 6) is 0. The first-order valence-electron chi connectivity index (χ1n) is 22.9. The zero-order valence-electron chi connectivity index (χ0n) is 36.6. The Labute approximate surface area is 388 Å². The van der Waals surface area contributed by atoms with E-state index in [2.05, 4.69) is 258 Å². The Bertz CT molecular complexity index is 3950. The molecule has 3 nitrogen and oxygen atoms in total. The van der Waals surface area contributed by atoms with Crippen LogP contribution in [-0.4, -0.2) is 4.57 Å². The van der Waals surface area contributed by atoms with Gasteiger partial charge in [-0.05, 0) is 99.3 Å². The molecule has 0 saturated heterocycles. The number of hydrogen-bond donors (Lipinski definition) is 0. The van der Waals surface area contributed by atoms with Crippen LogP contribution in [0.15, 0.2) is 259 Å². The molecule has 0 saturated carbocycles. The molecule has 0 spiro atoms. The average molecular weight is 855 g/mol. The van der Waals surface area contributed by atoms with Gasteiger partial charge in [-0.25, -0.2) is 0 Å². The SMILES string of the molecule is c1cc(-c2ccc3ccccc3c2)cc(N(c2ccc(-c3ccccc3-c3ccccc3-n3c4ccccc4c4ccccc43)cc2)c2ccccc2-c2cccc3c2oc2ccccc23)c1. The maximum Gasteiger partial charge on any atom is 0.143 e. The number of aromatic nitrogens is 1. The molecular formula is C64H42N2O. The molecule has 67 heavy (non-hydrogen) atoms. The smallest absolute Gasteiger partial charge is 0.143 e. The van der Waals surface area contributed by atoms with E-state index in [1.807, 2.05) is 6.07 Å². The van der Waals surface area contributed by atoms with Gasteiger partial charge in [-0.1, -0.05) is 194 Å². The molecule has 13 aromatic rings. The van der Waals surface area contributed by atoms with E-state index in [0.29, 0.717) is 0 Å². The number of benzene rings is 11. The summed E-state index contributed by atoms with van der Waals surface area (Å²) in [6, 6.07) is 91.9. The van der Waals surface area contributed by atoms with Crippen molar-refractivity contribution < 1.29 is 4.42 Å². The van der Waals surface area contributed by atoms with Crippen LogP contribution in [-0.2, 0) is 0 Å². The number of anilines is 3. The van der Waals surface area contributed by atoms with Gasteiger partial charge in [0.1, 0.15) is 11.2 Å². The van der Waals surface area contributed by atoms with E-state index in [1.54, 1.807) is 0 Å². The number of furan rings is 1. The van der Waals surface area contributed by atoms with Gasteiger partial charge >= 0.3 is 0 Å². The van der Waals surface area contributed by atoms with Gasteiger partial charge in [-0.3, -0.25) is 0 Å². The van der Waals surface area contributed by atoms with Crippen molar-refractivity contribution >= 4 is 71.6 Å². The van der Waals surface area contributed by atoms with Crippen molar-refractivity contribution in [3.63, 3.8) is 0 Å². The molecule has 0 bridgehead atoms. The fourth-order valence-corrected chi connectivity index (χ4v) is 10.3. The van der Waals surface area contributed by atoms with Crippen molar-refractivity contribution in [1.29, 1.82) is 0 Å². The van der Waals surface area contributed by atoms with E-state index in [0.717, 1.165) is 66.9 Å². The van der Waals surface area contributed by atoms with E-state index >= 15 is 0 Å². The highest BCUT2D eigenvalue weighted by atomic mass is 16.3. The summed E-state index contributed by atoms with van der Waals surface area (Å²) in [6.07, 6.45) is 0. The summed E-state index contributed by atoms with van der Waals surface area (Å²) in [6.45, 7) is 0. The topological polar surface area (TPSA) is 21.3 Å². The molecule has 0 atom stereocenters. The Morgan fingerprint density at radius 2 is 0.881 bits per heavy atom. The molecule has 0 N–H and O–H groups in total. The lowest BCUT2D eigenvalue weighted by Crippen LogP contribution is -2.11. The lowest BCUT2D eigenvalue weighted by atomic mass is 9.93. The van der Waals surface area contributed by atoms with Gasteiger partial charge in [0.25, 0.3) is 0 Å². The largest absolute Gasteiger partial charge is 0.455 e. The second kappa shape index (κ2) is 16.0. The van der Waals surface area contributed by atoms with Crippen LogP contribution in [0.2, 0.25) is 0 Å². The quantitative estimate of drug-likeness (QED) is 0.152. The van der Waals surface area contributed by atoms with Crippen molar-refractivity contribution in [2.75, 3.05) is 4.90 Å². The highest BCUT2D eigenvalue weighted by Crippen LogP contribution is 2.46. The summed E-state index contributed by atoms with van der Waals surface area (Å²) in [7, 11) is 0. The molecule has 0 amide bonds. The van der Waals surface area contributed by atoms with Gasteiger partial charge in [-0.2, -0.15) is 0 Å². The van der Waals surface area contributed by atoms with Crippen LogP contribution in [0.25, 0.3) is 105 Å². The third kappa shape index (κ3) is 6.51. The zero-order valence-corrected chi connectivity index (χ0v) is 36.6. The number of fused-ring (bicyclic) bond motifs is 7. The van der Waals surface area contributed by atoms with Crippen LogP contribution in [0.1, 0.15) is 0 Å². The van der Waals surface area contributed by atoms with Crippen LogP contribution in [0.3, 0.4) is 0 Å². The fourth-order valence-electron chi connectivity index (χ4n) is 10.3. The standard InChI is InChI=1S/C64H42N2O/c1-2-18-45-41-47(36-35-43(45)17-1)46-19-15-20-49(42-46)65(59-30-10-8-26-55(59)57-28-16-29-58-56-27-9-14-34-63(56)67-64(57)58)48-39-37-44(38-40-48)50-21-3-4-22-51(50)52-23-5-11-31-60(52)66-61-32-12-6-24-53(61)54-25-7-13-33-62(54)66/h1-42H. The van der Waals surface area contributed by atoms with E-state index in [4.69, 9.17) is 4.42 Å². The maximum atomic E-state index is 6.66. The number of para-hydroxylation sites is 6. The van der Waals surface area contributed by atoms with E-state index < -0.39 is 0 Å². The van der Waals surface area contributed by atoms with Crippen molar-refractivity contribution in [3.05, 3.63) is 255 Å². The van der Waals surface area contributed by atoms with Crippen LogP contribution in [0.5, 0.6) is 0 Å². The average Bonchev–Trinajstić information content (AvgIpc) is 3.95. The van der Waals surface area contributed by atoms with Crippen LogP contribution in [0, 0.1) is 0 Å². The minimum Gasteiger partial charge on any atom is -0.455 e. The maximum absolute atomic E-state index is 6.66. The van der Waals surface area contributed by atoms with E-state index in [9.17, 15) is 0 Å². The Morgan fingerprint density at radius 1 is 0.313 bits per heavy atom. The van der Waals surface area contributed by atoms with Crippen molar-refractivity contribution in [1.82, 2.24) is 4.57 Å². The van der Waals surface area contributed by atoms with Crippen LogP contribution < -0.4 is 4.90 Å². The predicted octanol–water partition coefficient (Wildman–Crippen LogP) is 18.0. The summed E-state index contributed by atoms with van der Waals surface area (Å²) in [5.41, 5.74) is 17.6. The third-order valence-electron chi connectivity index (χ3n) is 13.4. The lowest BCUT2D eigenvalue weighted by Gasteiger charge is -2.28. The first kappa shape index (κ1) is 38.5. The van der Waals surface area contributed by atoms with Gasteiger partial charge in [0.2, 0.25) is 0 Å². The summed E-state index contributed by atoms with van der Waals surface area (Å²) in [4.78, 5) is 2.40. The van der Waals surface area contributed by atoms with Gasteiger partial charge < -0.3 is 13.9 Å². The predicted molar refractivity (Wildman–Crippen MR) is 282 cm³/mol. The molecular weight excluding hydrogens is 813 g/mol. The molecule has 2 heterocycles. The molecule has 0 fully saturated rings. The molecule has 314 valence electrons. The Balaban J connectivity index is 0.964. The molecule has 0 aliphatic rings. The summed E-state index contributed by atoms with van der Waals surface area (Å²) < 4.78 is 9.09. The molecule has 0 unspecified atom stereocenters. The Hall–Kier alpha value is -8.92. The highest BCUT2D eigenvalue weighted by molar-refractivity contribution is 6.12. The van der Waals surface area contributed by atoms with Gasteiger partial charge in [0.15, 0.2) is 0 Å². The molecule has 11 aromatic carbocycles. The van der Waals surface area contributed by atoms with E-state index in [-0.39, 0.29) is 0 Å². The molecule has 2 aromatic heterocycles. The first-order chi connectivity index (χ1) is 33.2. The Kier molecular flexibility index (Phi) is 9.17. The van der Waals surface area contributed by atoms with Crippen LogP contribution >= 0.6 is 0 Å². The second-order valence-corrected chi connectivity index (χ2v) is 17.2. The molecule has 0 aliphatic heterocycles. The van der Waals surface area contributed by atoms with Gasteiger partial charge in [-0.15, -0.1) is 0 Å². The summed E-state index contributed by atoms with van der Waals surface area (Å²) in [5, 5.41) is 7.18. The normalized spacial score (nSPS) is 11.6. The molecule has 0 radical (unpaired) electrons. The number of rotatable bonds is 8. The molecule has 3 heteroatoms. The number of nitrogens with zero attached hydrogens (tertiary/aromatic N) is 2. The van der Waals surface area contributed by atoms with Crippen molar-refractivity contribution in [3.8, 4) is 50.2 Å². The highest BCUT2D eigenvalue weighted by Gasteiger charge is 2.22. The fraction of sp³-hybridized carbons (Fsp3) is 0.